The molecule has 3 aromatic heterocycles. The van der Waals surface area contributed by atoms with Crippen molar-refractivity contribution in [1.82, 2.24) is 15.0 Å². The van der Waals surface area contributed by atoms with Crippen molar-refractivity contribution in [2.24, 2.45) is 0 Å². The lowest BCUT2D eigenvalue weighted by molar-refractivity contribution is -0.138. The molecule has 9 rings (SSSR count). The molecule has 3 heterocycles. The van der Waals surface area contributed by atoms with Crippen molar-refractivity contribution in [3.63, 3.8) is 0 Å². The molecule has 66 heavy (non-hydrogen) atoms. The van der Waals surface area contributed by atoms with Gasteiger partial charge >= 0.3 is 17.9 Å². The van der Waals surface area contributed by atoms with E-state index in [1.165, 1.54) is 0 Å². The Bertz CT molecular complexity index is 2440. The minimum atomic E-state index is -0.860. The van der Waals surface area contributed by atoms with E-state index in [1.54, 1.807) is 0 Å². The first-order chi connectivity index (χ1) is 32.2. The van der Waals surface area contributed by atoms with Crippen LogP contribution in [0.3, 0.4) is 0 Å². The highest BCUT2D eigenvalue weighted by Crippen LogP contribution is 2.35. The zero-order valence-corrected chi connectivity index (χ0v) is 35.7. The standard InChI is InChI=1S/3C18H15NO3/c3*20-16(21)12-11-15-19-17(13-7-3-1-4-8-13)18(22-15)14-9-5-2-6-10-14/h3*1-10H,11-12H2,(H,20,21). The van der Waals surface area contributed by atoms with E-state index < -0.39 is 17.9 Å². The van der Waals surface area contributed by atoms with Gasteiger partial charge in [-0.3, -0.25) is 14.4 Å². The van der Waals surface area contributed by atoms with E-state index in [0.717, 1.165) is 50.5 Å². The highest BCUT2D eigenvalue weighted by molar-refractivity contribution is 5.79. The Kier molecular flexibility index (Phi) is 15.6. The molecule has 330 valence electrons. The van der Waals surface area contributed by atoms with E-state index in [0.29, 0.717) is 35.0 Å². The van der Waals surface area contributed by atoms with Crippen LogP contribution in [0.2, 0.25) is 0 Å². The zero-order chi connectivity index (χ0) is 46.1. The molecule has 12 nitrogen and oxygen atoms in total. The maximum atomic E-state index is 10.7. The molecule has 0 aliphatic carbocycles. The Labute approximate surface area is 380 Å². The van der Waals surface area contributed by atoms with E-state index in [2.05, 4.69) is 15.0 Å². The lowest BCUT2D eigenvalue weighted by Gasteiger charge is -2.00. The van der Waals surface area contributed by atoms with Crippen LogP contribution >= 0.6 is 0 Å². The average molecular weight is 880 g/mol. The summed E-state index contributed by atoms with van der Waals surface area (Å²) < 4.78 is 17.5. The summed E-state index contributed by atoms with van der Waals surface area (Å²) >= 11 is 0. The molecule has 0 radical (unpaired) electrons. The van der Waals surface area contributed by atoms with Crippen molar-refractivity contribution in [2.75, 3.05) is 0 Å². The number of nitrogens with zero attached hydrogens (tertiary/aromatic N) is 3. The van der Waals surface area contributed by atoms with Gasteiger partial charge in [-0.2, -0.15) is 0 Å². The minimum absolute atomic E-state index is 0.00295. The van der Waals surface area contributed by atoms with Gasteiger partial charge < -0.3 is 28.6 Å². The van der Waals surface area contributed by atoms with Crippen molar-refractivity contribution >= 4 is 17.9 Å². The van der Waals surface area contributed by atoms with Crippen molar-refractivity contribution in [1.29, 1.82) is 0 Å². The monoisotopic (exact) mass is 879 g/mol. The van der Waals surface area contributed by atoms with Crippen molar-refractivity contribution in [3.8, 4) is 67.7 Å². The third-order valence-electron chi connectivity index (χ3n) is 9.92. The summed E-state index contributed by atoms with van der Waals surface area (Å²) in [5.41, 5.74) is 7.86. The molecule has 3 N–H and O–H groups in total. The van der Waals surface area contributed by atoms with E-state index >= 15 is 0 Å². The van der Waals surface area contributed by atoms with Gasteiger partial charge in [0.2, 0.25) is 0 Å². The number of aliphatic carboxylic acids is 3. The lowest BCUT2D eigenvalue weighted by atomic mass is 10.1. The third-order valence-corrected chi connectivity index (χ3v) is 9.92. The van der Waals surface area contributed by atoms with Crippen molar-refractivity contribution in [2.45, 2.75) is 38.5 Å². The summed E-state index contributed by atoms with van der Waals surface area (Å²) in [5.74, 6) is 0.772. The lowest BCUT2D eigenvalue weighted by Crippen LogP contribution is -1.97. The summed E-state index contributed by atoms with van der Waals surface area (Å²) in [5, 5.41) is 26.4. The van der Waals surface area contributed by atoms with E-state index in [9.17, 15) is 14.4 Å². The molecule has 0 atom stereocenters. The highest BCUT2D eigenvalue weighted by Gasteiger charge is 2.20. The molecular formula is C54H45N3O9. The molecule has 0 aliphatic heterocycles. The number of carbonyl (C=O) groups is 3. The normalized spacial score (nSPS) is 10.5. The number of carboxylic acids is 3. The van der Waals surface area contributed by atoms with Gasteiger partial charge in [0.1, 0.15) is 17.1 Å². The summed E-state index contributed by atoms with van der Waals surface area (Å²) in [6.07, 6.45) is 0.848. The van der Waals surface area contributed by atoms with Crippen LogP contribution in [0.15, 0.2) is 195 Å². The van der Waals surface area contributed by atoms with E-state index in [1.807, 2.05) is 182 Å². The first-order valence-corrected chi connectivity index (χ1v) is 21.2. The number of rotatable bonds is 15. The van der Waals surface area contributed by atoms with Gasteiger partial charge in [-0.1, -0.05) is 182 Å². The van der Waals surface area contributed by atoms with Crippen LogP contribution in [0.4, 0.5) is 0 Å². The third kappa shape index (κ3) is 12.5. The van der Waals surface area contributed by atoms with Gasteiger partial charge in [0, 0.05) is 52.6 Å². The minimum Gasteiger partial charge on any atom is -0.481 e. The number of hydrogen-bond donors (Lipinski definition) is 3. The number of aryl methyl sites for hydroxylation is 3. The molecule has 0 bridgehead atoms. The quantitative estimate of drug-likeness (QED) is 0.0884. The number of carboxylic acid groups (broad SMARTS) is 3. The second kappa shape index (κ2) is 22.6. The first kappa shape index (κ1) is 45.4. The molecule has 0 amide bonds. The molecule has 0 aliphatic rings. The Balaban J connectivity index is 0.000000147. The molecule has 9 aromatic rings. The summed E-state index contributed by atoms with van der Waals surface area (Å²) in [7, 11) is 0. The number of aromatic nitrogens is 3. The molecule has 0 fully saturated rings. The fraction of sp³-hybridized carbons (Fsp3) is 0.111. The van der Waals surface area contributed by atoms with Gasteiger partial charge in [0.05, 0.1) is 19.3 Å². The summed E-state index contributed by atoms with van der Waals surface area (Å²) in [4.78, 5) is 45.7. The zero-order valence-electron chi connectivity index (χ0n) is 35.7. The van der Waals surface area contributed by atoms with Gasteiger partial charge in [0.15, 0.2) is 35.0 Å². The first-order valence-electron chi connectivity index (χ1n) is 21.2. The maximum Gasteiger partial charge on any atom is 0.303 e. The van der Waals surface area contributed by atoms with Crippen LogP contribution in [0.25, 0.3) is 67.7 Å². The van der Waals surface area contributed by atoms with Crippen molar-refractivity contribution < 1.29 is 43.0 Å². The second-order valence-electron chi connectivity index (χ2n) is 14.7. The summed E-state index contributed by atoms with van der Waals surface area (Å²) in [6, 6.07) is 58.4. The Hall–Kier alpha value is -8.64. The Morgan fingerprint density at radius 3 is 0.712 bits per heavy atom. The van der Waals surface area contributed by atoms with Crippen LogP contribution in [0.5, 0.6) is 0 Å². The smallest absolute Gasteiger partial charge is 0.303 e. The fourth-order valence-corrected chi connectivity index (χ4v) is 6.79. The predicted octanol–water partition coefficient (Wildman–Crippen LogP) is 12.1. The Morgan fingerprint density at radius 2 is 0.515 bits per heavy atom. The average Bonchev–Trinajstić information content (AvgIpc) is 4.12. The SMILES string of the molecule is O=C(O)CCc1nc(-c2ccccc2)c(-c2ccccc2)o1.O=C(O)CCc1nc(-c2ccccc2)c(-c2ccccc2)o1.O=C(O)CCc1nc(-c2ccccc2)c(-c2ccccc2)o1. The van der Waals surface area contributed by atoms with Crippen LogP contribution in [0, 0.1) is 0 Å². The number of oxazole rings is 3. The molecule has 6 aromatic carbocycles. The van der Waals surface area contributed by atoms with Crippen molar-refractivity contribution in [3.05, 3.63) is 200 Å². The second-order valence-corrected chi connectivity index (χ2v) is 14.7. The number of hydrogen-bond acceptors (Lipinski definition) is 9. The number of benzene rings is 6. The topological polar surface area (TPSA) is 190 Å². The molecule has 0 saturated heterocycles. The molecule has 12 heteroatoms. The maximum absolute atomic E-state index is 10.7. The van der Waals surface area contributed by atoms with Gasteiger partial charge in [0.25, 0.3) is 0 Å². The molecule has 0 unspecified atom stereocenters. The Morgan fingerprint density at radius 1 is 0.318 bits per heavy atom. The van der Waals surface area contributed by atoms with Gasteiger partial charge in [-0.15, -0.1) is 0 Å². The predicted molar refractivity (Wildman–Crippen MR) is 250 cm³/mol. The largest absolute Gasteiger partial charge is 0.481 e. The van der Waals surface area contributed by atoms with Crippen LogP contribution in [-0.2, 0) is 33.6 Å². The summed E-state index contributed by atoms with van der Waals surface area (Å²) in [6.45, 7) is 0. The van der Waals surface area contributed by atoms with E-state index in [-0.39, 0.29) is 38.5 Å². The van der Waals surface area contributed by atoms with Crippen LogP contribution < -0.4 is 0 Å². The molecule has 0 spiro atoms. The van der Waals surface area contributed by atoms with Crippen LogP contribution in [-0.4, -0.2) is 48.2 Å². The van der Waals surface area contributed by atoms with E-state index in [4.69, 9.17) is 28.6 Å². The van der Waals surface area contributed by atoms with Gasteiger partial charge in [-0.25, -0.2) is 15.0 Å². The van der Waals surface area contributed by atoms with Gasteiger partial charge in [-0.05, 0) is 0 Å². The fourth-order valence-electron chi connectivity index (χ4n) is 6.79. The molecular weight excluding hydrogens is 835 g/mol. The molecule has 0 saturated carbocycles. The highest BCUT2D eigenvalue weighted by atomic mass is 16.4. The van der Waals surface area contributed by atoms with Crippen LogP contribution in [0.1, 0.15) is 36.9 Å².